The minimum atomic E-state index is -3.57. The number of nitrogens with one attached hydrogen (secondary N) is 1. The highest BCUT2D eigenvalue weighted by Crippen LogP contribution is 2.14. The molecular formula is C10H15FN2O2S2. The predicted octanol–water partition coefficient (Wildman–Crippen LogP) is 0.926. The summed E-state index contributed by atoms with van der Waals surface area (Å²) < 4.78 is 39.2. The predicted molar refractivity (Wildman–Crippen MR) is 67.9 cm³/mol. The van der Waals surface area contributed by atoms with E-state index in [9.17, 15) is 12.8 Å². The Balaban J connectivity index is 2.91. The molecule has 7 heteroatoms. The summed E-state index contributed by atoms with van der Waals surface area (Å²) in [7, 11) is -3.57. The molecule has 0 aliphatic heterocycles. The van der Waals surface area contributed by atoms with Crippen LogP contribution < -0.4 is 10.5 Å². The third kappa shape index (κ3) is 3.95. The maximum atomic E-state index is 13.2. The second kappa shape index (κ2) is 6.34. The van der Waals surface area contributed by atoms with Crippen LogP contribution in [0.5, 0.6) is 0 Å². The minimum Gasteiger partial charge on any atom is -0.326 e. The van der Waals surface area contributed by atoms with E-state index >= 15 is 0 Å². The molecule has 4 nitrogen and oxygen atoms in total. The van der Waals surface area contributed by atoms with Gasteiger partial charge in [0.05, 0.1) is 4.90 Å². The number of hydrogen-bond acceptors (Lipinski definition) is 4. The summed E-state index contributed by atoms with van der Waals surface area (Å²) >= 11 is 1.54. The Kier molecular flexibility index (Phi) is 5.38. The summed E-state index contributed by atoms with van der Waals surface area (Å²) in [5, 5.41) is 0. The van der Waals surface area contributed by atoms with Crippen molar-refractivity contribution >= 4 is 21.8 Å². The zero-order valence-electron chi connectivity index (χ0n) is 9.44. The van der Waals surface area contributed by atoms with Crippen LogP contribution in [0.3, 0.4) is 0 Å². The lowest BCUT2D eigenvalue weighted by Crippen LogP contribution is -2.26. The number of hydrogen-bond donors (Lipinski definition) is 2. The average Bonchev–Trinajstić information content (AvgIpc) is 2.29. The van der Waals surface area contributed by atoms with E-state index in [1.807, 2.05) is 6.26 Å². The van der Waals surface area contributed by atoms with Crippen LogP contribution in [0.1, 0.15) is 5.56 Å². The summed E-state index contributed by atoms with van der Waals surface area (Å²) in [4.78, 5) is 0.0421. The molecule has 0 aliphatic carbocycles. The van der Waals surface area contributed by atoms with E-state index < -0.39 is 15.8 Å². The van der Waals surface area contributed by atoms with Gasteiger partial charge in [0.15, 0.2) is 0 Å². The van der Waals surface area contributed by atoms with Gasteiger partial charge in [-0.2, -0.15) is 11.8 Å². The van der Waals surface area contributed by atoms with Crippen LogP contribution in [-0.2, 0) is 16.6 Å². The van der Waals surface area contributed by atoms with Crippen molar-refractivity contribution in [1.29, 1.82) is 0 Å². The topological polar surface area (TPSA) is 72.2 Å². The molecule has 0 radical (unpaired) electrons. The molecule has 0 saturated carbocycles. The van der Waals surface area contributed by atoms with Crippen molar-refractivity contribution in [2.75, 3.05) is 18.6 Å². The van der Waals surface area contributed by atoms with Gasteiger partial charge in [-0.15, -0.1) is 0 Å². The van der Waals surface area contributed by atoms with Gasteiger partial charge in [-0.05, 0) is 24.5 Å². The third-order valence-electron chi connectivity index (χ3n) is 2.15. The summed E-state index contributed by atoms with van der Waals surface area (Å²) in [6.45, 7) is 0.318. The normalized spacial score (nSPS) is 11.7. The molecule has 0 amide bonds. The molecule has 0 atom stereocenters. The maximum absolute atomic E-state index is 13.2. The van der Waals surface area contributed by atoms with E-state index in [1.165, 1.54) is 12.1 Å². The van der Waals surface area contributed by atoms with Crippen LogP contribution in [0.15, 0.2) is 23.1 Å². The van der Waals surface area contributed by atoms with Gasteiger partial charge in [-0.3, -0.25) is 0 Å². The van der Waals surface area contributed by atoms with Crippen molar-refractivity contribution in [1.82, 2.24) is 4.72 Å². The Hall–Kier alpha value is -0.630. The van der Waals surface area contributed by atoms with Gasteiger partial charge in [0.2, 0.25) is 10.0 Å². The Bertz CT molecular complexity index is 477. The van der Waals surface area contributed by atoms with Crippen molar-refractivity contribution in [3.63, 3.8) is 0 Å². The number of nitrogens with two attached hydrogens (primary N) is 1. The molecule has 0 aliphatic rings. The average molecular weight is 278 g/mol. The van der Waals surface area contributed by atoms with Gasteiger partial charge in [-0.25, -0.2) is 17.5 Å². The van der Waals surface area contributed by atoms with E-state index in [-0.39, 0.29) is 17.0 Å². The second-order valence-corrected chi connectivity index (χ2v) is 6.10. The lowest BCUT2D eigenvalue weighted by Gasteiger charge is -2.07. The highest BCUT2D eigenvalue weighted by atomic mass is 32.2. The van der Waals surface area contributed by atoms with Crippen LogP contribution in [0.2, 0.25) is 0 Å². The first kappa shape index (κ1) is 14.4. The largest absolute Gasteiger partial charge is 0.326 e. The fourth-order valence-electron chi connectivity index (χ4n) is 1.24. The molecule has 1 rings (SSSR count). The van der Waals surface area contributed by atoms with Gasteiger partial charge >= 0.3 is 0 Å². The first-order valence-electron chi connectivity index (χ1n) is 4.98. The fraction of sp³-hybridized carbons (Fsp3) is 0.400. The second-order valence-electron chi connectivity index (χ2n) is 3.35. The van der Waals surface area contributed by atoms with Gasteiger partial charge in [-0.1, -0.05) is 0 Å². The summed E-state index contributed by atoms with van der Waals surface area (Å²) in [5.74, 6) is 0.194. The van der Waals surface area contributed by atoms with Crippen LogP contribution in [0.4, 0.5) is 4.39 Å². The molecule has 96 valence electrons. The van der Waals surface area contributed by atoms with Gasteiger partial charge in [0, 0.05) is 24.4 Å². The molecule has 0 heterocycles. The van der Waals surface area contributed by atoms with Crippen LogP contribution in [0, 0.1) is 5.82 Å². The van der Waals surface area contributed by atoms with E-state index in [2.05, 4.69) is 4.72 Å². The van der Waals surface area contributed by atoms with Gasteiger partial charge in [0.25, 0.3) is 0 Å². The van der Waals surface area contributed by atoms with Crippen molar-refractivity contribution in [3.05, 3.63) is 29.6 Å². The molecule has 0 aromatic heterocycles. The molecule has 0 unspecified atom stereocenters. The van der Waals surface area contributed by atoms with Crippen LogP contribution in [0.25, 0.3) is 0 Å². The summed E-state index contributed by atoms with van der Waals surface area (Å²) in [6, 6.07) is 3.61. The van der Waals surface area contributed by atoms with Crippen molar-refractivity contribution < 1.29 is 12.8 Å². The summed E-state index contributed by atoms with van der Waals surface area (Å²) in [5.41, 5.74) is 5.52. The van der Waals surface area contributed by atoms with Crippen molar-refractivity contribution in [3.8, 4) is 0 Å². The lowest BCUT2D eigenvalue weighted by atomic mass is 10.2. The number of rotatable bonds is 6. The quantitative estimate of drug-likeness (QED) is 0.759. The molecule has 17 heavy (non-hydrogen) atoms. The minimum absolute atomic E-state index is 0.0278. The summed E-state index contributed by atoms with van der Waals surface area (Å²) in [6.07, 6.45) is 1.89. The van der Waals surface area contributed by atoms with Crippen LogP contribution in [-0.4, -0.2) is 27.0 Å². The molecule has 1 aromatic rings. The number of benzene rings is 1. The standard InChI is InChI=1S/C10H15FN2O2S2/c1-16-5-4-13-17(14,15)9-2-3-10(11)8(6-9)7-12/h2-3,6,13H,4-5,7,12H2,1H3. The molecular weight excluding hydrogens is 263 g/mol. The fourth-order valence-corrected chi connectivity index (χ4v) is 2.75. The Morgan fingerprint density at radius 3 is 2.76 bits per heavy atom. The molecule has 0 spiro atoms. The zero-order chi connectivity index (χ0) is 12.9. The van der Waals surface area contributed by atoms with Crippen molar-refractivity contribution in [2.24, 2.45) is 5.73 Å². The van der Waals surface area contributed by atoms with E-state index in [0.29, 0.717) is 12.3 Å². The molecule has 3 N–H and O–H groups in total. The first-order valence-corrected chi connectivity index (χ1v) is 7.86. The highest BCUT2D eigenvalue weighted by molar-refractivity contribution is 7.98. The number of halogens is 1. The van der Waals surface area contributed by atoms with Crippen LogP contribution >= 0.6 is 11.8 Å². The maximum Gasteiger partial charge on any atom is 0.240 e. The van der Waals surface area contributed by atoms with Crippen molar-refractivity contribution in [2.45, 2.75) is 11.4 Å². The van der Waals surface area contributed by atoms with E-state index in [0.717, 1.165) is 6.07 Å². The first-order chi connectivity index (χ1) is 8.01. The molecule has 0 fully saturated rings. The van der Waals surface area contributed by atoms with Gasteiger partial charge < -0.3 is 5.73 Å². The van der Waals surface area contributed by atoms with E-state index in [4.69, 9.17) is 5.73 Å². The number of sulfonamides is 1. The Morgan fingerprint density at radius 1 is 1.47 bits per heavy atom. The smallest absolute Gasteiger partial charge is 0.240 e. The Morgan fingerprint density at radius 2 is 2.18 bits per heavy atom. The highest BCUT2D eigenvalue weighted by Gasteiger charge is 2.15. The molecule has 0 saturated heterocycles. The SMILES string of the molecule is CSCCNS(=O)(=O)c1ccc(F)c(CN)c1. The molecule has 1 aromatic carbocycles. The van der Waals surface area contributed by atoms with Gasteiger partial charge in [0.1, 0.15) is 5.82 Å². The monoisotopic (exact) mass is 278 g/mol. The lowest BCUT2D eigenvalue weighted by molar-refractivity contribution is 0.581. The Labute approximate surface area is 105 Å². The van der Waals surface area contributed by atoms with E-state index in [1.54, 1.807) is 11.8 Å². The number of thioether (sulfide) groups is 1. The zero-order valence-corrected chi connectivity index (χ0v) is 11.1. The molecule has 0 bridgehead atoms. The third-order valence-corrected chi connectivity index (χ3v) is 4.22.